The van der Waals surface area contributed by atoms with Gasteiger partial charge in [-0.05, 0) is 24.5 Å². The van der Waals surface area contributed by atoms with Crippen LogP contribution >= 0.6 is 0 Å². The summed E-state index contributed by atoms with van der Waals surface area (Å²) in [6, 6.07) is 7.67. The third-order valence-electron chi connectivity index (χ3n) is 3.04. The molecule has 3 heteroatoms. The number of hydrogen-bond acceptors (Lipinski definition) is 2. The van der Waals surface area contributed by atoms with Gasteiger partial charge in [-0.2, -0.15) is 0 Å². The summed E-state index contributed by atoms with van der Waals surface area (Å²) in [6.07, 6.45) is 10.3. The molecule has 98 valence electrons. The monoisotopic (exact) mass is 276 g/mol. The van der Waals surface area contributed by atoms with Crippen LogP contribution in [0.25, 0.3) is 0 Å². The van der Waals surface area contributed by atoms with Crippen molar-refractivity contribution in [2.75, 3.05) is 0 Å². The number of aromatic hydroxyl groups is 1. The standard InChI is InChI=1S/C15H24O.K.H3N/c1-2-3-4-5-6-7-8-11-14-12-9-10-13-15(14)16;;/h9-10,12-13,16H,2-8,11H2,1H3;;1H3/q;+1;. The molecule has 0 unspecified atom stereocenters. The summed E-state index contributed by atoms with van der Waals surface area (Å²) in [7, 11) is 0. The second-order valence-corrected chi connectivity index (χ2v) is 4.50. The molecule has 0 aromatic heterocycles. The predicted octanol–water partition coefficient (Wildman–Crippen LogP) is 1.85. The van der Waals surface area contributed by atoms with Crippen LogP contribution in [0, 0.1) is 0 Å². The maximum atomic E-state index is 9.58. The average Bonchev–Trinajstić information content (AvgIpc) is 2.30. The summed E-state index contributed by atoms with van der Waals surface area (Å²) in [6.45, 7) is 2.25. The first-order valence-electron chi connectivity index (χ1n) is 6.61. The summed E-state index contributed by atoms with van der Waals surface area (Å²) >= 11 is 0. The zero-order valence-electron chi connectivity index (χ0n) is 12.1. The van der Waals surface area contributed by atoms with E-state index in [1.54, 1.807) is 6.07 Å². The molecule has 0 aliphatic heterocycles. The number of benzene rings is 1. The molecule has 1 aromatic rings. The second kappa shape index (κ2) is 14.0. The summed E-state index contributed by atoms with van der Waals surface area (Å²) in [5, 5.41) is 9.58. The Bertz CT molecular complexity index is 292. The van der Waals surface area contributed by atoms with Gasteiger partial charge in [-0.15, -0.1) is 0 Å². The van der Waals surface area contributed by atoms with Crippen molar-refractivity contribution in [3.05, 3.63) is 29.8 Å². The van der Waals surface area contributed by atoms with Crippen LogP contribution in [-0.2, 0) is 6.42 Å². The molecule has 0 bridgehead atoms. The first-order chi connectivity index (χ1) is 7.84. The maximum Gasteiger partial charge on any atom is 1.00 e. The Balaban J connectivity index is 0. The van der Waals surface area contributed by atoms with Gasteiger partial charge < -0.3 is 11.3 Å². The Morgan fingerprint density at radius 2 is 1.44 bits per heavy atom. The van der Waals surface area contributed by atoms with Gasteiger partial charge in [-0.25, -0.2) is 0 Å². The SMILES string of the molecule is CCCCCCCCCc1ccccc1O.N.[K+]. The molecule has 0 heterocycles. The van der Waals surface area contributed by atoms with E-state index in [1.807, 2.05) is 18.2 Å². The van der Waals surface area contributed by atoms with Gasteiger partial charge in [0.25, 0.3) is 0 Å². The van der Waals surface area contributed by atoms with Crippen molar-refractivity contribution in [3.8, 4) is 5.75 Å². The van der Waals surface area contributed by atoms with Crippen molar-refractivity contribution in [1.82, 2.24) is 6.15 Å². The fourth-order valence-corrected chi connectivity index (χ4v) is 1.99. The molecular weight excluding hydrogens is 249 g/mol. The molecule has 0 atom stereocenters. The largest absolute Gasteiger partial charge is 1.00 e. The number of para-hydroxylation sites is 1. The van der Waals surface area contributed by atoms with Crippen LogP contribution < -0.4 is 57.5 Å². The van der Waals surface area contributed by atoms with E-state index in [0.717, 1.165) is 12.0 Å². The minimum absolute atomic E-state index is 0. The maximum absolute atomic E-state index is 9.58. The summed E-state index contributed by atoms with van der Waals surface area (Å²) in [5.41, 5.74) is 1.09. The van der Waals surface area contributed by atoms with Crippen molar-refractivity contribution in [2.45, 2.75) is 58.3 Å². The van der Waals surface area contributed by atoms with Gasteiger partial charge >= 0.3 is 51.4 Å². The predicted molar refractivity (Wildman–Crippen MR) is 74.8 cm³/mol. The molecule has 0 spiro atoms. The third-order valence-corrected chi connectivity index (χ3v) is 3.04. The van der Waals surface area contributed by atoms with Crippen molar-refractivity contribution < 1.29 is 56.5 Å². The van der Waals surface area contributed by atoms with Crippen LogP contribution in [0.5, 0.6) is 5.75 Å². The van der Waals surface area contributed by atoms with Gasteiger partial charge in [-0.1, -0.05) is 63.6 Å². The Kier molecular flexibility index (Phi) is 16.3. The van der Waals surface area contributed by atoms with E-state index in [1.165, 1.54) is 44.9 Å². The number of phenolic OH excluding ortho intramolecular Hbond substituents is 1. The van der Waals surface area contributed by atoms with E-state index in [0.29, 0.717) is 5.75 Å². The topological polar surface area (TPSA) is 55.2 Å². The molecule has 0 radical (unpaired) electrons. The van der Waals surface area contributed by atoms with Crippen molar-refractivity contribution in [1.29, 1.82) is 0 Å². The molecule has 0 saturated carbocycles. The van der Waals surface area contributed by atoms with Crippen molar-refractivity contribution in [3.63, 3.8) is 0 Å². The molecule has 0 aliphatic carbocycles. The second-order valence-electron chi connectivity index (χ2n) is 4.50. The van der Waals surface area contributed by atoms with E-state index in [4.69, 9.17) is 0 Å². The summed E-state index contributed by atoms with van der Waals surface area (Å²) < 4.78 is 0. The molecule has 0 amide bonds. The molecular formula is C15H27KNO+. The van der Waals surface area contributed by atoms with Crippen LogP contribution in [0.3, 0.4) is 0 Å². The first kappa shape index (κ1) is 20.9. The molecule has 18 heavy (non-hydrogen) atoms. The Hall–Kier alpha value is 0.616. The minimum atomic E-state index is 0. The molecule has 0 fully saturated rings. The summed E-state index contributed by atoms with van der Waals surface area (Å²) in [4.78, 5) is 0. The zero-order valence-corrected chi connectivity index (χ0v) is 15.2. The summed E-state index contributed by atoms with van der Waals surface area (Å²) in [5.74, 6) is 0.452. The van der Waals surface area contributed by atoms with Crippen LogP contribution in [-0.4, -0.2) is 5.11 Å². The van der Waals surface area contributed by atoms with Gasteiger partial charge in [0.1, 0.15) is 5.75 Å². The molecule has 0 aliphatic rings. The van der Waals surface area contributed by atoms with Gasteiger partial charge in [0.15, 0.2) is 0 Å². The van der Waals surface area contributed by atoms with Crippen molar-refractivity contribution >= 4 is 0 Å². The van der Waals surface area contributed by atoms with Crippen LogP contribution in [0.1, 0.15) is 57.4 Å². The minimum Gasteiger partial charge on any atom is -0.508 e. The number of aryl methyl sites for hydroxylation is 1. The average molecular weight is 276 g/mol. The van der Waals surface area contributed by atoms with E-state index in [-0.39, 0.29) is 57.5 Å². The molecule has 4 N–H and O–H groups in total. The van der Waals surface area contributed by atoms with Gasteiger partial charge in [-0.3, -0.25) is 0 Å². The Morgan fingerprint density at radius 3 is 2.06 bits per heavy atom. The number of unbranched alkanes of at least 4 members (excludes halogenated alkanes) is 6. The van der Waals surface area contributed by atoms with Gasteiger partial charge in [0.2, 0.25) is 0 Å². The number of phenols is 1. The van der Waals surface area contributed by atoms with Crippen LogP contribution in [0.4, 0.5) is 0 Å². The fraction of sp³-hybridized carbons (Fsp3) is 0.600. The van der Waals surface area contributed by atoms with Crippen LogP contribution in [0.2, 0.25) is 0 Å². The smallest absolute Gasteiger partial charge is 0.508 e. The first-order valence-corrected chi connectivity index (χ1v) is 6.61. The molecule has 0 saturated heterocycles. The van der Waals surface area contributed by atoms with Crippen molar-refractivity contribution in [2.24, 2.45) is 0 Å². The molecule has 2 nitrogen and oxygen atoms in total. The molecule has 1 rings (SSSR count). The van der Waals surface area contributed by atoms with E-state index in [9.17, 15) is 5.11 Å². The van der Waals surface area contributed by atoms with E-state index in [2.05, 4.69) is 6.92 Å². The van der Waals surface area contributed by atoms with E-state index < -0.39 is 0 Å². The van der Waals surface area contributed by atoms with Gasteiger partial charge in [0.05, 0.1) is 0 Å². The fourth-order valence-electron chi connectivity index (χ4n) is 1.99. The third kappa shape index (κ3) is 9.53. The van der Waals surface area contributed by atoms with Gasteiger partial charge in [0, 0.05) is 0 Å². The number of hydrogen-bond donors (Lipinski definition) is 2. The zero-order chi connectivity index (χ0) is 11.6. The Labute approximate surface area is 155 Å². The number of rotatable bonds is 8. The van der Waals surface area contributed by atoms with Crippen LogP contribution in [0.15, 0.2) is 24.3 Å². The van der Waals surface area contributed by atoms with E-state index >= 15 is 0 Å². The normalized spacial score (nSPS) is 9.39. The Morgan fingerprint density at radius 1 is 0.889 bits per heavy atom. The molecule has 1 aromatic carbocycles. The quantitative estimate of drug-likeness (QED) is 0.562.